The fourth-order valence-corrected chi connectivity index (χ4v) is 1.90. The number of anilines is 1. The molecule has 1 unspecified atom stereocenters. The number of nitrogens with zero attached hydrogens (tertiary/aromatic N) is 1. The lowest BCUT2D eigenvalue weighted by Gasteiger charge is -2.28. The second kappa shape index (κ2) is 6.33. The second-order valence-electron chi connectivity index (χ2n) is 4.58. The molecule has 0 aliphatic carbocycles. The Bertz CT molecular complexity index is 558. The van der Waals surface area contributed by atoms with Gasteiger partial charge in [0.05, 0.1) is 19.6 Å². The highest BCUT2D eigenvalue weighted by Crippen LogP contribution is 2.12. The number of hydrogen-bond donors (Lipinski definition) is 3. The van der Waals surface area contributed by atoms with E-state index in [-0.39, 0.29) is 12.3 Å². The smallest absolute Gasteiger partial charge is 0.266 e. The van der Waals surface area contributed by atoms with Gasteiger partial charge in [-0.15, -0.1) is 0 Å². The van der Waals surface area contributed by atoms with Crippen LogP contribution in [0.15, 0.2) is 24.3 Å². The van der Waals surface area contributed by atoms with Gasteiger partial charge in [-0.1, -0.05) is 0 Å². The zero-order chi connectivity index (χ0) is 15.4. The summed E-state index contributed by atoms with van der Waals surface area (Å²) in [6.07, 6.45) is -0.988. The zero-order valence-corrected chi connectivity index (χ0v) is 11.2. The van der Waals surface area contributed by atoms with Gasteiger partial charge >= 0.3 is 0 Å². The van der Waals surface area contributed by atoms with Crippen LogP contribution in [0.2, 0.25) is 0 Å². The molecule has 1 aromatic carbocycles. The van der Waals surface area contributed by atoms with E-state index in [0.717, 1.165) is 5.01 Å². The SMILES string of the molecule is NC(=O)c1ccc(NC(=O)CC2OCCN(N)C2=O)cc1. The van der Waals surface area contributed by atoms with Gasteiger partial charge in [-0.2, -0.15) is 0 Å². The molecule has 3 amide bonds. The summed E-state index contributed by atoms with van der Waals surface area (Å²) in [5.74, 6) is 4.13. The molecular weight excluding hydrogens is 276 g/mol. The van der Waals surface area contributed by atoms with Crippen LogP contribution < -0.4 is 16.9 Å². The van der Waals surface area contributed by atoms with Crippen molar-refractivity contribution >= 4 is 23.4 Å². The van der Waals surface area contributed by atoms with Crippen molar-refractivity contribution < 1.29 is 19.1 Å². The van der Waals surface area contributed by atoms with E-state index in [9.17, 15) is 14.4 Å². The number of amides is 3. The Labute approximate surface area is 121 Å². The summed E-state index contributed by atoms with van der Waals surface area (Å²) in [6, 6.07) is 6.11. The summed E-state index contributed by atoms with van der Waals surface area (Å²) in [5, 5.41) is 3.65. The van der Waals surface area contributed by atoms with Crippen LogP contribution in [0.4, 0.5) is 5.69 Å². The Morgan fingerprint density at radius 1 is 1.33 bits per heavy atom. The molecule has 21 heavy (non-hydrogen) atoms. The van der Waals surface area contributed by atoms with E-state index < -0.39 is 17.9 Å². The van der Waals surface area contributed by atoms with Gasteiger partial charge in [0, 0.05) is 11.3 Å². The van der Waals surface area contributed by atoms with Gasteiger partial charge in [-0.3, -0.25) is 19.4 Å². The lowest BCUT2D eigenvalue weighted by atomic mass is 10.1. The molecule has 1 fully saturated rings. The first-order valence-electron chi connectivity index (χ1n) is 6.35. The highest BCUT2D eigenvalue weighted by atomic mass is 16.5. The first-order valence-corrected chi connectivity index (χ1v) is 6.35. The number of rotatable bonds is 4. The van der Waals surface area contributed by atoms with Crippen molar-refractivity contribution in [3.05, 3.63) is 29.8 Å². The third kappa shape index (κ3) is 3.77. The van der Waals surface area contributed by atoms with Gasteiger partial charge in [0.2, 0.25) is 11.8 Å². The first-order chi connectivity index (χ1) is 9.97. The maximum Gasteiger partial charge on any atom is 0.266 e. The molecular formula is C13H16N4O4. The van der Waals surface area contributed by atoms with Crippen molar-refractivity contribution in [2.24, 2.45) is 11.6 Å². The maximum atomic E-state index is 11.9. The van der Waals surface area contributed by atoms with Gasteiger partial charge < -0.3 is 15.8 Å². The molecule has 1 atom stereocenters. The average molecular weight is 292 g/mol. The molecule has 1 aromatic rings. The molecule has 0 aromatic heterocycles. The number of primary amides is 1. The van der Waals surface area contributed by atoms with E-state index in [4.69, 9.17) is 16.3 Å². The van der Waals surface area contributed by atoms with E-state index in [0.29, 0.717) is 24.4 Å². The van der Waals surface area contributed by atoms with Gasteiger partial charge in [-0.05, 0) is 24.3 Å². The van der Waals surface area contributed by atoms with E-state index in [1.54, 1.807) is 12.1 Å². The normalized spacial score (nSPS) is 18.4. The molecule has 1 saturated heterocycles. The fraction of sp³-hybridized carbons (Fsp3) is 0.308. The predicted molar refractivity (Wildman–Crippen MR) is 73.8 cm³/mol. The van der Waals surface area contributed by atoms with Crippen molar-refractivity contribution in [3.63, 3.8) is 0 Å². The van der Waals surface area contributed by atoms with Crippen molar-refractivity contribution in [1.29, 1.82) is 0 Å². The third-order valence-corrected chi connectivity index (χ3v) is 3.03. The van der Waals surface area contributed by atoms with Crippen molar-refractivity contribution in [2.45, 2.75) is 12.5 Å². The number of nitrogens with one attached hydrogen (secondary N) is 1. The fourth-order valence-electron chi connectivity index (χ4n) is 1.90. The van der Waals surface area contributed by atoms with Crippen LogP contribution in [0.3, 0.4) is 0 Å². The van der Waals surface area contributed by atoms with Crippen LogP contribution in [-0.2, 0) is 14.3 Å². The van der Waals surface area contributed by atoms with Crippen molar-refractivity contribution in [3.8, 4) is 0 Å². The molecule has 1 heterocycles. The molecule has 8 nitrogen and oxygen atoms in total. The molecule has 1 aliphatic rings. The Hall–Kier alpha value is -2.45. The Morgan fingerprint density at radius 3 is 2.62 bits per heavy atom. The summed E-state index contributed by atoms with van der Waals surface area (Å²) in [5.41, 5.74) is 5.96. The number of morpholine rings is 1. The number of ether oxygens (including phenoxy) is 1. The van der Waals surface area contributed by atoms with E-state index in [2.05, 4.69) is 5.32 Å². The second-order valence-corrected chi connectivity index (χ2v) is 4.58. The quantitative estimate of drug-likeness (QED) is 0.495. The topological polar surface area (TPSA) is 128 Å². The molecule has 5 N–H and O–H groups in total. The maximum absolute atomic E-state index is 11.9. The van der Waals surface area contributed by atoms with Crippen molar-refractivity contribution in [2.75, 3.05) is 18.5 Å². The first kappa shape index (κ1) is 14.9. The molecule has 0 saturated carbocycles. The number of hydrazine groups is 1. The number of nitrogens with two attached hydrogens (primary N) is 2. The summed E-state index contributed by atoms with van der Waals surface area (Å²) in [4.78, 5) is 34.5. The lowest BCUT2D eigenvalue weighted by molar-refractivity contribution is -0.155. The minimum absolute atomic E-state index is 0.121. The van der Waals surface area contributed by atoms with E-state index >= 15 is 0 Å². The van der Waals surface area contributed by atoms with Gasteiger partial charge in [0.15, 0.2) is 0 Å². The molecule has 0 bridgehead atoms. The minimum Gasteiger partial charge on any atom is -0.366 e. The van der Waals surface area contributed by atoms with E-state index in [1.165, 1.54) is 12.1 Å². The monoisotopic (exact) mass is 292 g/mol. The number of hydrogen-bond acceptors (Lipinski definition) is 5. The molecule has 1 aliphatic heterocycles. The van der Waals surface area contributed by atoms with Gasteiger partial charge in [0.25, 0.3) is 5.91 Å². The molecule has 8 heteroatoms. The van der Waals surface area contributed by atoms with Crippen LogP contribution in [-0.4, -0.2) is 42.0 Å². The predicted octanol–water partition coefficient (Wildman–Crippen LogP) is -0.785. The average Bonchev–Trinajstić information content (AvgIpc) is 2.44. The van der Waals surface area contributed by atoms with Crippen molar-refractivity contribution in [1.82, 2.24) is 5.01 Å². The highest BCUT2D eigenvalue weighted by Gasteiger charge is 2.29. The Morgan fingerprint density at radius 2 is 2.00 bits per heavy atom. The minimum atomic E-state index is -0.867. The molecule has 0 spiro atoms. The Kier molecular flexibility index (Phi) is 4.51. The summed E-state index contributed by atoms with van der Waals surface area (Å²) < 4.78 is 5.23. The Balaban J connectivity index is 1.92. The molecule has 112 valence electrons. The molecule has 2 rings (SSSR count). The standard InChI is InChI=1S/C13H16N4O4/c14-12(19)8-1-3-9(4-2-8)16-11(18)7-10-13(20)17(15)5-6-21-10/h1-4,10H,5-7,15H2,(H2,14,19)(H,16,18). The zero-order valence-electron chi connectivity index (χ0n) is 11.2. The molecule has 0 radical (unpaired) electrons. The number of carbonyl (C=O) groups is 3. The van der Waals surface area contributed by atoms with Crippen LogP contribution in [0.5, 0.6) is 0 Å². The van der Waals surface area contributed by atoms with Gasteiger partial charge in [0.1, 0.15) is 6.10 Å². The van der Waals surface area contributed by atoms with Crippen LogP contribution in [0.25, 0.3) is 0 Å². The summed E-state index contributed by atoms with van der Waals surface area (Å²) in [7, 11) is 0. The van der Waals surface area contributed by atoms with Gasteiger partial charge in [-0.25, -0.2) is 5.84 Å². The lowest BCUT2D eigenvalue weighted by Crippen LogP contribution is -2.52. The van der Waals surface area contributed by atoms with Crippen LogP contribution in [0, 0.1) is 0 Å². The highest BCUT2D eigenvalue weighted by molar-refractivity contribution is 5.96. The summed E-state index contributed by atoms with van der Waals surface area (Å²) >= 11 is 0. The number of benzene rings is 1. The van der Waals surface area contributed by atoms with Crippen LogP contribution >= 0.6 is 0 Å². The summed E-state index contributed by atoms with van der Waals surface area (Å²) in [6.45, 7) is 0.610. The third-order valence-electron chi connectivity index (χ3n) is 3.03. The van der Waals surface area contributed by atoms with E-state index in [1.807, 2.05) is 0 Å². The number of carbonyl (C=O) groups excluding carboxylic acids is 3. The van der Waals surface area contributed by atoms with Crippen LogP contribution in [0.1, 0.15) is 16.8 Å². The largest absolute Gasteiger partial charge is 0.366 e.